The Kier molecular flexibility index (Phi) is 6.01. The maximum absolute atomic E-state index is 13.2. The molecule has 2 aromatic rings. The van der Waals surface area contributed by atoms with Gasteiger partial charge in [0.15, 0.2) is 0 Å². The highest BCUT2D eigenvalue weighted by Gasteiger charge is 2.20. The summed E-state index contributed by atoms with van der Waals surface area (Å²) < 4.78 is 36.3. The van der Waals surface area contributed by atoms with Gasteiger partial charge in [-0.05, 0) is 18.6 Å². The van der Waals surface area contributed by atoms with Gasteiger partial charge >= 0.3 is 11.9 Å². The highest BCUT2D eigenvalue weighted by molar-refractivity contribution is 6.03. The van der Waals surface area contributed by atoms with E-state index in [1.807, 2.05) is 6.92 Å². The van der Waals surface area contributed by atoms with Crippen molar-refractivity contribution in [2.24, 2.45) is 0 Å². The van der Waals surface area contributed by atoms with Crippen LogP contribution in [0.2, 0.25) is 0 Å². The lowest BCUT2D eigenvalue weighted by molar-refractivity contribution is 0.0491. The zero-order chi connectivity index (χ0) is 17.5. The quantitative estimate of drug-likeness (QED) is 0.453. The second-order valence-corrected chi connectivity index (χ2v) is 5.03. The van der Waals surface area contributed by atoms with Crippen LogP contribution in [0.1, 0.15) is 40.5 Å². The van der Waals surface area contributed by atoms with Crippen molar-refractivity contribution in [2.75, 3.05) is 6.61 Å². The Morgan fingerprint density at radius 3 is 2.12 bits per heavy atom. The number of unbranched alkanes of at least 4 members (excludes halogenated alkanes) is 1. The first-order chi connectivity index (χ1) is 11.5. The van der Waals surface area contributed by atoms with Gasteiger partial charge in [0, 0.05) is 18.2 Å². The first-order valence-electron chi connectivity index (χ1n) is 7.45. The molecule has 0 aliphatic heterocycles. The first-order valence-corrected chi connectivity index (χ1v) is 7.45. The molecule has 0 radical (unpaired) electrons. The third kappa shape index (κ3) is 4.62. The Bertz CT molecular complexity index is 723. The third-order valence-electron chi connectivity index (χ3n) is 3.14. The predicted molar refractivity (Wildman–Crippen MR) is 82.9 cm³/mol. The number of halogens is 2. The normalized spacial score (nSPS) is 10.3. The summed E-state index contributed by atoms with van der Waals surface area (Å²) in [7, 11) is 0. The van der Waals surface area contributed by atoms with Crippen LogP contribution >= 0.6 is 0 Å². The van der Waals surface area contributed by atoms with Crippen LogP contribution in [0.15, 0.2) is 42.5 Å². The molecule has 0 saturated heterocycles. The first kappa shape index (κ1) is 17.6. The molecular formula is C18H16F2O4. The molecule has 6 heteroatoms. The van der Waals surface area contributed by atoms with E-state index in [9.17, 15) is 18.4 Å². The number of carbonyl (C=O) groups excluding carboxylic acids is 2. The number of rotatable bonds is 6. The number of hydrogen-bond donors (Lipinski definition) is 0. The fraction of sp³-hybridized carbons (Fsp3) is 0.222. The lowest BCUT2D eigenvalue weighted by Crippen LogP contribution is -2.16. The average Bonchev–Trinajstić information content (AvgIpc) is 2.54. The van der Waals surface area contributed by atoms with Crippen molar-refractivity contribution >= 4 is 11.9 Å². The van der Waals surface area contributed by atoms with E-state index in [2.05, 4.69) is 0 Å². The highest BCUT2D eigenvalue weighted by Crippen LogP contribution is 2.19. The van der Waals surface area contributed by atoms with Crippen LogP contribution in [0.4, 0.5) is 8.78 Å². The van der Waals surface area contributed by atoms with Crippen molar-refractivity contribution in [3.05, 3.63) is 65.2 Å². The average molecular weight is 334 g/mol. The van der Waals surface area contributed by atoms with Crippen LogP contribution < -0.4 is 4.74 Å². The van der Waals surface area contributed by atoms with E-state index in [1.54, 1.807) is 12.1 Å². The second-order valence-electron chi connectivity index (χ2n) is 5.03. The molecule has 2 aromatic carbocycles. The van der Waals surface area contributed by atoms with Crippen molar-refractivity contribution in [1.29, 1.82) is 0 Å². The topological polar surface area (TPSA) is 52.6 Å². The van der Waals surface area contributed by atoms with Gasteiger partial charge in [0.05, 0.1) is 17.7 Å². The summed E-state index contributed by atoms with van der Waals surface area (Å²) in [5, 5.41) is 0. The molecule has 0 atom stereocenters. The van der Waals surface area contributed by atoms with Crippen molar-refractivity contribution in [2.45, 2.75) is 19.8 Å². The van der Waals surface area contributed by atoms with E-state index in [0.717, 1.165) is 18.6 Å². The maximum atomic E-state index is 13.2. The number of esters is 2. The van der Waals surface area contributed by atoms with E-state index in [4.69, 9.17) is 9.47 Å². The van der Waals surface area contributed by atoms with Crippen molar-refractivity contribution in [3.63, 3.8) is 0 Å². The minimum atomic E-state index is -0.900. The Hall–Kier alpha value is -2.76. The summed E-state index contributed by atoms with van der Waals surface area (Å²) in [6.45, 7) is 2.20. The summed E-state index contributed by atoms with van der Waals surface area (Å²) in [5.74, 6) is -3.58. The summed E-state index contributed by atoms with van der Waals surface area (Å²) >= 11 is 0. The minimum absolute atomic E-state index is 0.0375. The molecule has 0 unspecified atom stereocenters. The lowest BCUT2D eigenvalue weighted by atomic mass is 10.1. The number of benzene rings is 2. The van der Waals surface area contributed by atoms with Crippen LogP contribution in [0.3, 0.4) is 0 Å². The monoisotopic (exact) mass is 334 g/mol. The molecule has 0 spiro atoms. The molecule has 0 aliphatic carbocycles. The van der Waals surface area contributed by atoms with Crippen LogP contribution in [0, 0.1) is 11.6 Å². The van der Waals surface area contributed by atoms with Crippen molar-refractivity contribution in [1.82, 2.24) is 0 Å². The predicted octanol–water partition coefficient (Wildman–Crippen LogP) is 4.14. The molecule has 0 bridgehead atoms. The SMILES string of the molecule is CCCCOC(=O)c1ccccc1C(=O)Oc1cc(F)cc(F)c1. The molecule has 0 aliphatic rings. The standard InChI is InChI=1S/C18H16F2O4/c1-2-3-8-23-17(21)15-6-4-5-7-16(15)18(22)24-14-10-12(19)9-13(20)11-14/h4-7,9-11H,2-3,8H2,1H3. The number of ether oxygens (including phenoxy) is 2. The van der Waals surface area contributed by atoms with Gasteiger partial charge in [0.1, 0.15) is 17.4 Å². The Morgan fingerprint density at radius 2 is 1.54 bits per heavy atom. The largest absolute Gasteiger partial charge is 0.462 e. The number of hydrogen-bond acceptors (Lipinski definition) is 4. The summed E-state index contributed by atoms with van der Waals surface area (Å²) in [4.78, 5) is 24.3. The van der Waals surface area contributed by atoms with Gasteiger partial charge in [0.2, 0.25) is 0 Å². The minimum Gasteiger partial charge on any atom is -0.462 e. The Balaban J connectivity index is 2.18. The van der Waals surface area contributed by atoms with E-state index >= 15 is 0 Å². The molecular weight excluding hydrogens is 318 g/mol. The zero-order valence-corrected chi connectivity index (χ0v) is 13.1. The van der Waals surface area contributed by atoms with Crippen LogP contribution in [0.25, 0.3) is 0 Å². The van der Waals surface area contributed by atoms with E-state index < -0.39 is 23.6 Å². The van der Waals surface area contributed by atoms with E-state index in [1.165, 1.54) is 12.1 Å². The molecule has 0 amide bonds. The van der Waals surface area contributed by atoms with Gasteiger partial charge in [0.25, 0.3) is 0 Å². The van der Waals surface area contributed by atoms with Crippen molar-refractivity contribution < 1.29 is 27.8 Å². The Labute approximate surface area is 138 Å². The molecule has 126 valence electrons. The molecule has 0 saturated carbocycles. The zero-order valence-electron chi connectivity index (χ0n) is 13.1. The molecule has 0 heterocycles. The van der Waals surface area contributed by atoms with Gasteiger partial charge in [-0.1, -0.05) is 25.5 Å². The smallest absolute Gasteiger partial charge is 0.344 e. The third-order valence-corrected chi connectivity index (χ3v) is 3.14. The van der Waals surface area contributed by atoms with Gasteiger partial charge in [-0.25, -0.2) is 18.4 Å². The van der Waals surface area contributed by atoms with Gasteiger partial charge in [-0.2, -0.15) is 0 Å². The maximum Gasteiger partial charge on any atom is 0.344 e. The van der Waals surface area contributed by atoms with Gasteiger partial charge < -0.3 is 9.47 Å². The van der Waals surface area contributed by atoms with Gasteiger partial charge in [-0.3, -0.25) is 0 Å². The molecule has 2 rings (SSSR count). The molecule has 24 heavy (non-hydrogen) atoms. The Morgan fingerprint density at radius 1 is 0.958 bits per heavy atom. The lowest BCUT2D eigenvalue weighted by Gasteiger charge is -2.09. The van der Waals surface area contributed by atoms with Crippen LogP contribution in [-0.2, 0) is 4.74 Å². The van der Waals surface area contributed by atoms with Gasteiger partial charge in [-0.15, -0.1) is 0 Å². The summed E-state index contributed by atoms with van der Waals surface area (Å²) in [5.41, 5.74) is -0.000791. The fourth-order valence-corrected chi connectivity index (χ4v) is 1.98. The van der Waals surface area contributed by atoms with E-state index in [-0.39, 0.29) is 23.5 Å². The van der Waals surface area contributed by atoms with Crippen LogP contribution in [0.5, 0.6) is 5.75 Å². The highest BCUT2D eigenvalue weighted by atomic mass is 19.1. The van der Waals surface area contributed by atoms with E-state index in [0.29, 0.717) is 12.5 Å². The van der Waals surface area contributed by atoms with Crippen molar-refractivity contribution in [3.8, 4) is 5.75 Å². The molecule has 0 aromatic heterocycles. The number of carbonyl (C=O) groups is 2. The molecule has 0 fully saturated rings. The van der Waals surface area contributed by atoms with Crippen LogP contribution in [-0.4, -0.2) is 18.5 Å². The fourth-order valence-electron chi connectivity index (χ4n) is 1.98. The summed E-state index contributed by atoms with van der Waals surface area (Å²) in [6.07, 6.45) is 1.57. The summed E-state index contributed by atoms with van der Waals surface area (Å²) in [6, 6.07) is 8.36. The molecule has 0 N–H and O–H groups in total. The second kappa shape index (κ2) is 8.19. The molecule has 4 nitrogen and oxygen atoms in total.